The summed E-state index contributed by atoms with van der Waals surface area (Å²) in [6.45, 7) is 0.0566. The van der Waals surface area contributed by atoms with Gasteiger partial charge in [-0.3, -0.25) is 9.59 Å². The summed E-state index contributed by atoms with van der Waals surface area (Å²) in [6, 6.07) is 14.9. The van der Waals surface area contributed by atoms with Gasteiger partial charge in [-0.05, 0) is 42.0 Å². The first-order valence-corrected chi connectivity index (χ1v) is 10.4. The highest BCUT2D eigenvalue weighted by molar-refractivity contribution is 6.02. The molecular formula is C23H23N5O3. The van der Waals surface area contributed by atoms with Gasteiger partial charge in [-0.15, -0.1) is 10.2 Å². The van der Waals surface area contributed by atoms with Crippen LogP contribution in [0.15, 0.2) is 48.5 Å². The number of hydrogen-bond acceptors (Lipinski definition) is 5. The Balaban J connectivity index is 1.27. The van der Waals surface area contributed by atoms with Gasteiger partial charge < -0.3 is 19.9 Å². The topological polar surface area (TPSA) is 100 Å². The van der Waals surface area contributed by atoms with Crippen LogP contribution in [0.5, 0.6) is 5.75 Å². The number of amides is 2. The van der Waals surface area contributed by atoms with Gasteiger partial charge in [0, 0.05) is 13.5 Å². The van der Waals surface area contributed by atoms with Crippen molar-refractivity contribution >= 4 is 17.5 Å². The number of likely N-dealkylation sites (N-methyl/N-ethyl adjacent to an activating group) is 1. The molecule has 2 heterocycles. The van der Waals surface area contributed by atoms with Crippen LogP contribution < -0.4 is 15.0 Å². The zero-order valence-electron chi connectivity index (χ0n) is 17.2. The average Bonchev–Trinajstić information content (AvgIpc) is 3.55. The molecule has 2 aromatic carbocycles. The zero-order chi connectivity index (χ0) is 21.4. The van der Waals surface area contributed by atoms with Crippen molar-refractivity contribution in [3.63, 3.8) is 0 Å². The number of benzene rings is 2. The van der Waals surface area contributed by atoms with Crippen molar-refractivity contribution in [2.45, 2.75) is 31.2 Å². The number of aromatic nitrogens is 3. The third kappa shape index (κ3) is 4.01. The molecule has 1 atom stereocenters. The number of fused-ring (bicyclic) bond motifs is 1. The summed E-state index contributed by atoms with van der Waals surface area (Å²) in [5.41, 5.74) is 2.99. The Hall–Kier alpha value is -3.68. The van der Waals surface area contributed by atoms with Crippen LogP contribution in [0, 0.1) is 0 Å². The molecule has 1 saturated carbocycles. The number of aromatic amines is 1. The maximum Gasteiger partial charge on any atom is 0.289 e. The van der Waals surface area contributed by atoms with Crippen LogP contribution in [0.3, 0.4) is 0 Å². The van der Waals surface area contributed by atoms with E-state index in [-0.39, 0.29) is 18.3 Å². The summed E-state index contributed by atoms with van der Waals surface area (Å²) in [5.74, 6) is 1.17. The molecule has 1 aromatic heterocycles. The Morgan fingerprint density at radius 1 is 1.19 bits per heavy atom. The summed E-state index contributed by atoms with van der Waals surface area (Å²) >= 11 is 0. The first-order valence-electron chi connectivity index (χ1n) is 10.4. The lowest BCUT2D eigenvalue weighted by molar-refractivity contribution is -0.120. The lowest BCUT2D eigenvalue weighted by Gasteiger charge is -2.20. The van der Waals surface area contributed by atoms with Crippen LogP contribution in [-0.2, 0) is 11.2 Å². The molecule has 1 fully saturated rings. The lowest BCUT2D eigenvalue weighted by Crippen LogP contribution is -2.49. The molecule has 5 rings (SSSR count). The number of carbonyl (C=O) groups is 2. The van der Waals surface area contributed by atoms with Gasteiger partial charge in [0.25, 0.3) is 11.8 Å². The molecule has 2 amide bonds. The summed E-state index contributed by atoms with van der Waals surface area (Å²) in [7, 11) is 1.69. The molecular weight excluding hydrogens is 394 g/mol. The van der Waals surface area contributed by atoms with Gasteiger partial charge >= 0.3 is 0 Å². The van der Waals surface area contributed by atoms with E-state index in [1.807, 2.05) is 48.5 Å². The largest absolute Gasteiger partial charge is 0.489 e. The smallest absolute Gasteiger partial charge is 0.289 e. The highest BCUT2D eigenvalue weighted by Crippen LogP contribution is 2.43. The Morgan fingerprint density at radius 2 is 2.00 bits per heavy atom. The molecule has 8 heteroatoms. The van der Waals surface area contributed by atoms with Crippen LogP contribution in [-0.4, -0.2) is 46.7 Å². The van der Waals surface area contributed by atoms with Gasteiger partial charge in [0.2, 0.25) is 5.82 Å². The second-order valence-corrected chi connectivity index (χ2v) is 8.02. The number of hydrogen-bond donors (Lipinski definition) is 2. The number of nitrogens with zero attached hydrogens (tertiary/aromatic N) is 3. The minimum atomic E-state index is -0.822. The van der Waals surface area contributed by atoms with Gasteiger partial charge in [-0.1, -0.05) is 36.4 Å². The molecule has 0 saturated heterocycles. The van der Waals surface area contributed by atoms with E-state index in [2.05, 4.69) is 20.5 Å². The standard InChI is InChI=1S/C23H23N5O3/c1-28-18-10-9-16(15-7-8-15)12-19(18)31-13-17(23(28)30)24-22(29)21-25-20(26-27-21)11-14-5-3-2-4-6-14/h2-6,9-10,12,15,17H,7-8,11,13H2,1H3,(H,24,29)(H,25,26,27)/t17-/m1/s1. The molecule has 158 valence electrons. The third-order valence-electron chi connectivity index (χ3n) is 5.70. The van der Waals surface area contributed by atoms with E-state index in [1.165, 1.54) is 23.3 Å². The number of ether oxygens (including phenoxy) is 1. The molecule has 0 unspecified atom stereocenters. The Bertz CT molecular complexity index is 1120. The number of H-pyrrole nitrogens is 1. The highest BCUT2D eigenvalue weighted by Gasteiger charge is 2.32. The summed E-state index contributed by atoms with van der Waals surface area (Å²) in [4.78, 5) is 30.1. The molecule has 1 aliphatic heterocycles. The van der Waals surface area contributed by atoms with E-state index in [4.69, 9.17) is 4.74 Å². The predicted molar refractivity (Wildman–Crippen MR) is 114 cm³/mol. The predicted octanol–water partition coefficient (Wildman–Crippen LogP) is 2.43. The van der Waals surface area contributed by atoms with E-state index in [9.17, 15) is 9.59 Å². The van der Waals surface area contributed by atoms with Crippen molar-refractivity contribution in [3.05, 3.63) is 71.3 Å². The number of nitrogens with one attached hydrogen (secondary N) is 2. The van der Waals surface area contributed by atoms with Crippen LogP contribution in [0.2, 0.25) is 0 Å². The van der Waals surface area contributed by atoms with Crippen LogP contribution in [0.25, 0.3) is 0 Å². The fourth-order valence-corrected chi connectivity index (χ4v) is 3.79. The molecule has 3 aromatic rings. The van der Waals surface area contributed by atoms with Crippen molar-refractivity contribution in [2.75, 3.05) is 18.6 Å². The van der Waals surface area contributed by atoms with E-state index in [1.54, 1.807) is 7.05 Å². The van der Waals surface area contributed by atoms with E-state index >= 15 is 0 Å². The first-order chi connectivity index (χ1) is 15.1. The van der Waals surface area contributed by atoms with Crippen LogP contribution in [0.1, 0.15) is 46.3 Å². The molecule has 2 aliphatic rings. The van der Waals surface area contributed by atoms with Crippen molar-refractivity contribution in [1.82, 2.24) is 20.5 Å². The average molecular weight is 417 g/mol. The second kappa shape index (κ2) is 7.86. The Kier molecular flexibility index (Phi) is 4.89. The minimum Gasteiger partial charge on any atom is -0.489 e. The second-order valence-electron chi connectivity index (χ2n) is 8.02. The third-order valence-corrected chi connectivity index (χ3v) is 5.70. The summed E-state index contributed by atoms with van der Waals surface area (Å²) in [5, 5.41) is 10.7. The van der Waals surface area contributed by atoms with Gasteiger partial charge in [-0.2, -0.15) is 0 Å². The molecule has 0 bridgehead atoms. The SMILES string of the molecule is CN1C(=O)[C@H](NC(=O)c2nnc(Cc3ccccc3)[nH]2)COc2cc(C3CC3)ccc21. The normalized spacial score (nSPS) is 18.2. The Morgan fingerprint density at radius 3 is 2.77 bits per heavy atom. The number of carbonyl (C=O) groups excluding carboxylic acids is 2. The number of rotatable bonds is 5. The lowest BCUT2D eigenvalue weighted by atomic mass is 10.1. The maximum atomic E-state index is 12.9. The molecule has 2 N–H and O–H groups in total. The quantitative estimate of drug-likeness (QED) is 0.664. The van der Waals surface area contributed by atoms with Crippen LogP contribution >= 0.6 is 0 Å². The number of anilines is 1. The van der Waals surface area contributed by atoms with Gasteiger partial charge in [0.1, 0.15) is 24.2 Å². The van der Waals surface area contributed by atoms with E-state index in [0.29, 0.717) is 29.6 Å². The summed E-state index contributed by atoms with van der Waals surface area (Å²) < 4.78 is 5.92. The summed E-state index contributed by atoms with van der Waals surface area (Å²) in [6.07, 6.45) is 2.92. The Labute approximate surface area is 179 Å². The van der Waals surface area contributed by atoms with E-state index < -0.39 is 11.9 Å². The van der Waals surface area contributed by atoms with Crippen molar-refractivity contribution in [2.24, 2.45) is 0 Å². The van der Waals surface area contributed by atoms with Gasteiger partial charge in [-0.25, -0.2) is 0 Å². The first kappa shape index (κ1) is 19.3. The fraction of sp³-hybridized carbons (Fsp3) is 0.304. The fourth-order valence-electron chi connectivity index (χ4n) is 3.79. The molecule has 0 radical (unpaired) electrons. The van der Waals surface area contributed by atoms with Crippen molar-refractivity contribution in [1.29, 1.82) is 0 Å². The van der Waals surface area contributed by atoms with Crippen LogP contribution in [0.4, 0.5) is 5.69 Å². The monoisotopic (exact) mass is 417 g/mol. The molecule has 8 nitrogen and oxygen atoms in total. The van der Waals surface area contributed by atoms with Crippen molar-refractivity contribution in [3.8, 4) is 5.75 Å². The van der Waals surface area contributed by atoms with Gasteiger partial charge in [0.05, 0.1) is 5.69 Å². The van der Waals surface area contributed by atoms with E-state index in [0.717, 1.165) is 5.56 Å². The van der Waals surface area contributed by atoms with Gasteiger partial charge in [0.15, 0.2) is 0 Å². The maximum absolute atomic E-state index is 12.9. The minimum absolute atomic E-state index is 0.0566. The molecule has 31 heavy (non-hydrogen) atoms. The zero-order valence-corrected chi connectivity index (χ0v) is 17.2. The molecule has 0 spiro atoms. The van der Waals surface area contributed by atoms with Crippen molar-refractivity contribution < 1.29 is 14.3 Å². The highest BCUT2D eigenvalue weighted by atomic mass is 16.5. The molecule has 1 aliphatic carbocycles.